The Balaban J connectivity index is 2.53. The molecule has 1 aliphatic rings. The maximum absolute atomic E-state index is 12.1. The van der Waals surface area contributed by atoms with E-state index >= 15 is 0 Å². The van der Waals surface area contributed by atoms with Crippen molar-refractivity contribution in [3.63, 3.8) is 0 Å². The zero-order chi connectivity index (χ0) is 18.6. The first kappa shape index (κ1) is 19.5. The number of allylic oxidation sites excluding steroid dienone is 1. The van der Waals surface area contributed by atoms with E-state index in [4.69, 9.17) is 33.3 Å². The highest BCUT2D eigenvalue weighted by molar-refractivity contribution is 7.80. The van der Waals surface area contributed by atoms with Gasteiger partial charge < -0.3 is 20.1 Å². The van der Waals surface area contributed by atoms with Crippen molar-refractivity contribution in [2.24, 2.45) is 0 Å². The number of nitrogens with one attached hydrogen (secondary N) is 2. The minimum absolute atomic E-state index is 0.0506. The average Bonchev–Trinajstić information content (AvgIpc) is 2.53. The monoisotopic (exact) mass is 382 g/mol. The minimum Gasteiger partial charge on any atom is -0.490 e. The van der Waals surface area contributed by atoms with Crippen LogP contribution in [0, 0.1) is 0 Å². The standard InChI is InChI=1S/C18H23ClN2O3S/c1-5-7-24-15-9-13(19)12(8-14(15)23-6-2)17-16(11(4)22)10(3)20-18(25)21-17/h8-9,17H,5-7H2,1-4H3,(H2,20,21,25). The molecule has 0 aromatic heterocycles. The fourth-order valence-corrected chi connectivity index (χ4v) is 3.29. The minimum atomic E-state index is -0.432. The third kappa shape index (κ3) is 4.44. The molecule has 0 spiro atoms. The molecule has 1 heterocycles. The largest absolute Gasteiger partial charge is 0.490 e. The van der Waals surface area contributed by atoms with E-state index in [-0.39, 0.29) is 5.78 Å². The van der Waals surface area contributed by atoms with Crippen LogP contribution >= 0.6 is 23.8 Å². The maximum atomic E-state index is 12.1. The van der Waals surface area contributed by atoms with Gasteiger partial charge in [-0.3, -0.25) is 4.79 Å². The summed E-state index contributed by atoms with van der Waals surface area (Å²) in [6, 6.07) is 3.12. The van der Waals surface area contributed by atoms with Crippen LogP contribution in [0.25, 0.3) is 0 Å². The van der Waals surface area contributed by atoms with Crippen LogP contribution in [-0.2, 0) is 4.79 Å². The normalized spacial score (nSPS) is 17.0. The number of carbonyl (C=O) groups excluding carboxylic acids is 1. The van der Waals surface area contributed by atoms with Gasteiger partial charge in [-0.1, -0.05) is 18.5 Å². The Morgan fingerprint density at radius 2 is 1.96 bits per heavy atom. The molecule has 1 aromatic carbocycles. The summed E-state index contributed by atoms with van der Waals surface area (Å²) >= 11 is 11.7. The molecule has 1 atom stereocenters. The maximum Gasteiger partial charge on any atom is 0.171 e. The fraction of sp³-hybridized carbons (Fsp3) is 0.444. The zero-order valence-electron chi connectivity index (χ0n) is 14.9. The lowest BCUT2D eigenvalue weighted by molar-refractivity contribution is -0.114. The van der Waals surface area contributed by atoms with E-state index in [1.54, 1.807) is 6.07 Å². The number of halogens is 1. The summed E-state index contributed by atoms with van der Waals surface area (Å²) in [6.45, 7) is 8.36. The second-order valence-electron chi connectivity index (χ2n) is 5.73. The van der Waals surface area contributed by atoms with Crippen LogP contribution in [0.5, 0.6) is 11.5 Å². The van der Waals surface area contributed by atoms with Crippen molar-refractivity contribution in [3.05, 3.63) is 34.0 Å². The second kappa shape index (κ2) is 8.54. The van der Waals surface area contributed by atoms with Crippen LogP contribution < -0.4 is 20.1 Å². The molecule has 1 unspecified atom stereocenters. The third-order valence-electron chi connectivity index (χ3n) is 3.78. The number of hydrogen-bond donors (Lipinski definition) is 2. The SMILES string of the molecule is CCCOc1cc(Cl)c(C2NC(=S)NC(C)=C2C(C)=O)cc1OCC. The van der Waals surface area contributed by atoms with E-state index in [9.17, 15) is 4.79 Å². The van der Waals surface area contributed by atoms with Gasteiger partial charge in [-0.15, -0.1) is 0 Å². The summed E-state index contributed by atoms with van der Waals surface area (Å²) in [5.74, 6) is 1.14. The van der Waals surface area contributed by atoms with E-state index in [1.807, 2.05) is 26.8 Å². The molecule has 0 radical (unpaired) electrons. The van der Waals surface area contributed by atoms with Crippen molar-refractivity contribution < 1.29 is 14.3 Å². The van der Waals surface area contributed by atoms with Crippen LogP contribution in [0.1, 0.15) is 45.7 Å². The van der Waals surface area contributed by atoms with Crippen LogP contribution in [-0.4, -0.2) is 24.1 Å². The second-order valence-corrected chi connectivity index (χ2v) is 6.54. The molecular formula is C18H23ClN2O3S. The fourth-order valence-electron chi connectivity index (χ4n) is 2.76. The van der Waals surface area contributed by atoms with Gasteiger partial charge in [0.25, 0.3) is 0 Å². The number of benzene rings is 1. The zero-order valence-corrected chi connectivity index (χ0v) is 16.4. The lowest BCUT2D eigenvalue weighted by Gasteiger charge is -2.30. The number of thiocarbonyl (C=S) groups is 1. The lowest BCUT2D eigenvalue weighted by Crippen LogP contribution is -2.44. The predicted molar refractivity (Wildman–Crippen MR) is 103 cm³/mol. The van der Waals surface area contributed by atoms with E-state index < -0.39 is 6.04 Å². The summed E-state index contributed by atoms with van der Waals surface area (Å²) in [7, 11) is 0. The van der Waals surface area contributed by atoms with E-state index in [1.165, 1.54) is 6.92 Å². The quantitative estimate of drug-likeness (QED) is 0.697. The Labute approximate surface area is 158 Å². The molecule has 1 aliphatic heterocycles. The Hall–Kier alpha value is -1.79. The molecule has 0 saturated heterocycles. The third-order valence-corrected chi connectivity index (χ3v) is 4.33. The Morgan fingerprint density at radius 1 is 1.28 bits per heavy atom. The van der Waals surface area contributed by atoms with Gasteiger partial charge in [0.05, 0.1) is 24.3 Å². The molecule has 0 bridgehead atoms. The van der Waals surface area contributed by atoms with Gasteiger partial charge in [0.15, 0.2) is 22.4 Å². The molecule has 0 aliphatic carbocycles. The van der Waals surface area contributed by atoms with Gasteiger partial charge >= 0.3 is 0 Å². The average molecular weight is 383 g/mol. The molecule has 0 amide bonds. The molecule has 7 heteroatoms. The van der Waals surface area contributed by atoms with Gasteiger partial charge in [0, 0.05) is 22.9 Å². The van der Waals surface area contributed by atoms with Gasteiger partial charge in [-0.05, 0) is 45.5 Å². The van der Waals surface area contributed by atoms with Gasteiger partial charge in [0.2, 0.25) is 0 Å². The number of ketones is 1. The summed E-state index contributed by atoms with van der Waals surface area (Å²) in [5.41, 5.74) is 2.05. The smallest absolute Gasteiger partial charge is 0.171 e. The van der Waals surface area contributed by atoms with Crippen LogP contribution in [0.2, 0.25) is 5.02 Å². The van der Waals surface area contributed by atoms with Crippen LogP contribution in [0.4, 0.5) is 0 Å². The van der Waals surface area contributed by atoms with Crippen molar-refractivity contribution in [1.82, 2.24) is 10.6 Å². The topological polar surface area (TPSA) is 59.6 Å². The molecule has 0 saturated carbocycles. The first-order valence-electron chi connectivity index (χ1n) is 8.27. The Morgan fingerprint density at radius 3 is 2.56 bits per heavy atom. The number of Topliss-reactive ketones (excluding diaryl/α,β-unsaturated/α-hetero) is 1. The Kier molecular flexibility index (Phi) is 6.67. The first-order valence-corrected chi connectivity index (χ1v) is 9.05. The number of hydrogen-bond acceptors (Lipinski definition) is 4. The highest BCUT2D eigenvalue weighted by atomic mass is 35.5. The van der Waals surface area contributed by atoms with Crippen molar-refractivity contribution in [2.75, 3.05) is 13.2 Å². The molecule has 136 valence electrons. The first-order chi connectivity index (χ1) is 11.9. The summed E-state index contributed by atoms with van der Waals surface area (Å²) < 4.78 is 11.4. The summed E-state index contributed by atoms with van der Waals surface area (Å²) in [6.07, 6.45) is 0.880. The highest BCUT2D eigenvalue weighted by Gasteiger charge is 2.30. The van der Waals surface area contributed by atoms with Crippen molar-refractivity contribution in [2.45, 2.75) is 40.2 Å². The predicted octanol–water partition coefficient (Wildman–Crippen LogP) is 3.91. The number of ether oxygens (including phenoxy) is 2. The Bertz CT molecular complexity index is 719. The van der Waals surface area contributed by atoms with Gasteiger partial charge in [-0.2, -0.15) is 0 Å². The van der Waals surface area contributed by atoms with Gasteiger partial charge in [-0.25, -0.2) is 0 Å². The molecule has 2 rings (SSSR count). The summed E-state index contributed by atoms with van der Waals surface area (Å²) in [5, 5.41) is 7.06. The molecule has 1 aromatic rings. The molecule has 2 N–H and O–H groups in total. The van der Waals surface area contributed by atoms with Crippen LogP contribution in [0.15, 0.2) is 23.4 Å². The highest BCUT2D eigenvalue weighted by Crippen LogP contribution is 2.39. The van der Waals surface area contributed by atoms with Gasteiger partial charge in [0.1, 0.15) is 0 Å². The van der Waals surface area contributed by atoms with Crippen LogP contribution in [0.3, 0.4) is 0 Å². The molecule has 25 heavy (non-hydrogen) atoms. The van der Waals surface area contributed by atoms with Crippen molar-refractivity contribution in [3.8, 4) is 11.5 Å². The molecular weight excluding hydrogens is 360 g/mol. The lowest BCUT2D eigenvalue weighted by atomic mass is 9.93. The molecule has 0 fully saturated rings. The number of rotatable bonds is 7. The molecule has 5 nitrogen and oxygen atoms in total. The van der Waals surface area contributed by atoms with E-state index in [0.29, 0.717) is 40.4 Å². The summed E-state index contributed by atoms with van der Waals surface area (Å²) in [4.78, 5) is 12.1. The van der Waals surface area contributed by atoms with Crippen molar-refractivity contribution in [1.29, 1.82) is 0 Å². The van der Waals surface area contributed by atoms with E-state index in [0.717, 1.165) is 17.7 Å². The van der Waals surface area contributed by atoms with E-state index in [2.05, 4.69) is 10.6 Å². The van der Waals surface area contributed by atoms with Crippen molar-refractivity contribution >= 4 is 34.7 Å². The number of carbonyl (C=O) groups is 1.